The van der Waals surface area contributed by atoms with Crippen molar-refractivity contribution in [2.24, 2.45) is 22.4 Å². The van der Waals surface area contributed by atoms with Crippen LogP contribution in [-0.2, 0) is 4.79 Å². The lowest BCUT2D eigenvalue weighted by Gasteiger charge is -2.17. The van der Waals surface area contributed by atoms with Crippen LogP contribution in [0.5, 0.6) is 0 Å². The number of nitrogens with two attached hydrogens (primary N) is 2. The van der Waals surface area contributed by atoms with Crippen LogP contribution in [0.15, 0.2) is 57.1 Å². The summed E-state index contributed by atoms with van der Waals surface area (Å²) in [6.07, 6.45) is 3.85. The highest BCUT2D eigenvalue weighted by atomic mass is 32.2. The minimum atomic E-state index is -0.875. The molecule has 5 N–H and O–H groups in total. The number of nitrogens with one attached hydrogen (secondary N) is 1. The van der Waals surface area contributed by atoms with Crippen molar-refractivity contribution in [2.75, 3.05) is 23.3 Å². The standard InChI is InChI=1S/C23H28FN7OS/c1-2-22(32)27-16-5-7-17(8-6-16)33-23-29-20(28-19(26)11-18(25)14-3-4-14)12-21(30-23)31-10-9-15(24)13-31/h5-8,11-12,14-15H,2-4,9-10,13,25H2,1H3,(H,27,32)(H2,26,28,29,30). The molecule has 8 nitrogen and oxygen atoms in total. The molecule has 33 heavy (non-hydrogen) atoms. The van der Waals surface area contributed by atoms with Gasteiger partial charge in [0, 0.05) is 35.3 Å². The van der Waals surface area contributed by atoms with Crippen molar-refractivity contribution in [1.29, 1.82) is 0 Å². The van der Waals surface area contributed by atoms with Crippen molar-refractivity contribution < 1.29 is 9.18 Å². The number of hydrogen-bond donors (Lipinski definition) is 3. The fourth-order valence-corrected chi connectivity index (χ4v) is 4.18. The van der Waals surface area contributed by atoms with E-state index in [-0.39, 0.29) is 11.7 Å². The summed E-state index contributed by atoms with van der Waals surface area (Å²) in [4.78, 5) is 27.9. The van der Waals surface area contributed by atoms with E-state index >= 15 is 0 Å². The van der Waals surface area contributed by atoms with Crippen LogP contribution < -0.4 is 21.7 Å². The SMILES string of the molecule is CCC(=O)Nc1ccc(Sc2nc(N=C(N)C=C(N)C3CC3)cc(N3CCC(F)C3)n2)cc1. The summed E-state index contributed by atoms with van der Waals surface area (Å²) in [5, 5.41) is 3.30. The van der Waals surface area contributed by atoms with Gasteiger partial charge >= 0.3 is 0 Å². The van der Waals surface area contributed by atoms with Crippen LogP contribution in [0.1, 0.15) is 32.6 Å². The van der Waals surface area contributed by atoms with Crippen molar-refractivity contribution >= 4 is 40.8 Å². The van der Waals surface area contributed by atoms with Crippen molar-refractivity contribution in [3.63, 3.8) is 0 Å². The molecule has 1 amide bonds. The smallest absolute Gasteiger partial charge is 0.224 e. The Morgan fingerprint density at radius 1 is 1.27 bits per heavy atom. The van der Waals surface area contributed by atoms with Gasteiger partial charge in [-0.25, -0.2) is 19.4 Å². The highest BCUT2D eigenvalue weighted by Gasteiger charge is 2.25. The molecule has 2 aliphatic rings. The van der Waals surface area contributed by atoms with Gasteiger partial charge in [0.1, 0.15) is 17.8 Å². The van der Waals surface area contributed by atoms with Gasteiger partial charge in [-0.05, 0) is 67.3 Å². The number of carbonyl (C=O) groups excluding carboxylic acids is 1. The maximum Gasteiger partial charge on any atom is 0.224 e. The van der Waals surface area contributed by atoms with Crippen molar-refractivity contribution in [1.82, 2.24) is 9.97 Å². The highest BCUT2D eigenvalue weighted by molar-refractivity contribution is 7.99. The van der Waals surface area contributed by atoms with Crippen LogP contribution in [0.25, 0.3) is 0 Å². The zero-order valence-corrected chi connectivity index (χ0v) is 19.3. The molecule has 4 rings (SSSR count). The quantitative estimate of drug-likeness (QED) is 0.306. The van der Waals surface area contributed by atoms with Crippen LogP contribution in [0.4, 0.5) is 21.7 Å². The van der Waals surface area contributed by atoms with Crippen molar-refractivity contribution in [3.8, 4) is 0 Å². The summed E-state index contributed by atoms with van der Waals surface area (Å²) < 4.78 is 13.8. The fraction of sp³-hybridized carbons (Fsp3) is 0.391. The third kappa shape index (κ3) is 6.44. The normalized spacial score (nSPS) is 19.1. The van der Waals surface area contributed by atoms with Crippen LogP contribution in [0.2, 0.25) is 0 Å². The Morgan fingerprint density at radius 3 is 2.67 bits per heavy atom. The van der Waals surface area contributed by atoms with E-state index < -0.39 is 6.17 Å². The molecule has 1 saturated carbocycles. The summed E-state index contributed by atoms with van der Waals surface area (Å²) in [5.74, 6) is 1.64. The molecular weight excluding hydrogens is 441 g/mol. The molecule has 1 saturated heterocycles. The number of hydrogen-bond acceptors (Lipinski definition) is 7. The third-order valence-electron chi connectivity index (χ3n) is 5.41. The molecule has 2 heterocycles. The number of allylic oxidation sites excluding steroid dienone is 1. The Hall–Kier alpha value is -3.14. The fourth-order valence-electron chi connectivity index (χ4n) is 3.42. The van der Waals surface area contributed by atoms with E-state index in [1.165, 1.54) is 11.8 Å². The van der Waals surface area contributed by atoms with Crippen LogP contribution in [0, 0.1) is 5.92 Å². The van der Waals surface area contributed by atoms with Gasteiger partial charge in [0.05, 0.1) is 6.54 Å². The number of aliphatic imine (C=N–C) groups is 1. The van der Waals surface area contributed by atoms with Crippen LogP contribution in [-0.4, -0.2) is 41.0 Å². The highest BCUT2D eigenvalue weighted by Crippen LogP contribution is 2.34. The van der Waals surface area contributed by atoms with Gasteiger partial charge in [0.25, 0.3) is 0 Å². The predicted molar refractivity (Wildman–Crippen MR) is 130 cm³/mol. The zero-order valence-electron chi connectivity index (χ0n) is 18.5. The van der Waals surface area contributed by atoms with E-state index in [4.69, 9.17) is 11.5 Å². The summed E-state index contributed by atoms with van der Waals surface area (Å²) in [5.41, 5.74) is 13.6. The van der Waals surface area contributed by atoms with Crippen molar-refractivity contribution in [2.45, 2.75) is 48.8 Å². The lowest BCUT2D eigenvalue weighted by molar-refractivity contribution is -0.115. The molecule has 2 fully saturated rings. The Bertz CT molecular complexity index is 1070. The molecule has 10 heteroatoms. The maximum absolute atomic E-state index is 13.8. The molecule has 174 valence electrons. The third-order valence-corrected chi connectivity index (χ3v) is 6.28. The molecular formula is C23H28FN7OS. The van der Waals surface area contributed by atoms with E-state index in [1.807, 2.05) is 29.2 Å². The first-order valence-corrected chi connectivity index (χ1v) is 11.9. The van der Waals surface area contributed by atoms with Crippen LogP contribution >= 0.6 is 11.8 Å². The molecule has 1 aromatic heterocycles. The summed E-state index contributed by atoms with van der Waals surface area (Å²) in [7, 11) is 0. The first-order valence-electron chi connectivity index (χ1n) is 11.1. The molecule has 0 spiro atoms. The van der Waals surface area contributed by atoms with E-state index in [1.54, 1.807) is 19.1 Å². The molecule has 1 aliphatic heterocycles. The summed E-state index contributed by atoms with van der Waals surface area (Å²) in [6, 6.07) is 9.15. The van der Waals surface area contributed by atoms with Gasteiger partial charge < -0.3 is 21.7 Å². The second-order valence-electron chi connectivity index (χ2n) is 8.18. The van der Waals surface area contributed by atoms with Crippen LogP contribution in [0.3, 0.4) is 0 Å². The van der Waals surface area contributed by atoms with Gasteiger partial charge in [0.2, 0.25) is 5.91 Å². The summed E-state index contributed by atoms with van der Waals surface area (Å²) >= 11 is 1.36. The van der Waals surface area contributed by atoms with E-state index in [0.717, 1.165) is 29.1 Å². The molecule has 0 bridgehead atoms. The number of amides is 1. The number of anilines is 2. The monoisotopic (exact) mass is 469 g/mol. The molecule has 2 aromatic rings. The van der Waals surface area contributed by atoms with Gasteiger partial charge in [-0.1, -0.05) is 6.92 Å². The first kappa shape index (κ1) is 23.0. The number of halogens is 1. The van der Waals surface area contributed by atoms with Gasteiger partial charge in [-0.3, -0.25) is 4.79 Å². The number of nitrogens with zero attached hydrogens (tertiary/aromatic N) is 4. The average Bonchev–Trinajstić information content (AvgIpc) is 3.55. The Labute approximate surface area is 196 Å². The summed E-state index contributed by atoms with van der Waals surface area (Å²) in [6.45, 7) is 2.68. The minimum absolute atomic E-state index is 0.0420. The van der Waals surface area contributed by atoms with E-state index in [9.17, 15) is 9.18 Å². The van der Waals surface area contributed by atoms with Gasteiger partial charge in [0.15, 0.2) is 11.0 Å². The van der Waals surface area contributed by atoms with E-state index in [0.29, 0.717) is 48.6 Å². The number of benzene rings is 1. The number of alkyl halides is 1. The van der Waals surface area contributed by atoms with E-state index in [2.05, 4.69) is 20.3 Å². The molecule has 1 aliphatic carbocycles. The number of carbonyl (C=O) groups is 1. The second-order valence-corrected chi connectivity index (χ2v) is 9.22. The zero-order chi connectivity index (χ0) is 23.4. The Morgan fingerprint density at radius 2 is 2.03 bits per heavy atom. The lowest BCUT2D eigenvalue weighted by Crippen LogP contribution is -2.21. The van der Waals surface area contributed by atoms with Gasteiger partial charge in [-0.2, -0.15) is 0 Å². The Kier molecular flexibility index (Phi) is 7.12. The first-order chi connectivity index (χ1) is 15.9. The maximum atomic E-state index is 13.8. The number of aromatic nitrogens is 2. The second kappa shape index (κ2) is 10.2. The lowest BCUT2D eigenvalue weighted by atomic mass is 10.3. The molecule has 1 atom stereocenters. The predicted octanol–water partition coefficient (Wildman–Crippen LogP) is 3.77. The number of amidine groups is 1. The molecule has 0 radical (unpaired) electrons. The Balaban J connectivity index is 1.57. The van der Waals surface area contributed by atoms with Gasteiger partial charge in [-0.15, -0.1) is 0 Å². The topological polar surface area (TPSA) is 123 Å². The molecule has 1 unspecified atom stereocenters. The largest absolute Gasteiger partial charge is 0.402 e. The minimum Gasteiger partial charge on any atom is -0.402 e. The number of rotatable bonds is 8. The van der Waals surface area contributed by atoms with Crippen molar-refractivity contribution in [3.05, 3.63) is 42.1 Å². The average molecular weight is 470 g/mol. The molecule has 1 aromatic carbocycles.